The number of carbonyl (C=O) groups excluding carboxylic acids is 2. The van der Waals surface area contributed by atoms with Gasteiger partial charge in [-0.2, -0.15) is 0 Å². The van der Waals surface area contributed by atoms with Gasteiger partial charge in [-0.15, -0.1) is 0 Å². The SMILES string of the molecule is CC.Cc1ccc2c(c1)C=Cc1cc(Br)cnc1C2C1CCN(C(=O)CC2CCN(C(N)=O)CC2)CC1. The van der Waals surface area contributed by atoms with Crippen LogP contribution in [0.1, 0.15) is 79.8 Å². The van der Waals surface area contributed by atoms with Gasteiger partial charge in [0, 0.05) is 49.2 Å². The van der Waals surface area contributed by atoms with Crippen LogP contribution in [-0.2, 0) is 4.79 Å². The predicted octanol–water partition coefficient (Wildman–Crippen LogP) is 6.21. The molecule has 6 nitrogen and oxygen atoms in total. The number of amides is 3. The lowest BCUT2D eigenvalue weighted by Gasteiger charge is -2.38. The van der Waals surface area contributed by atoms with Crippen LogP contribution in [0.25, 0.3) is 12.2 Å². The smallest absolute Gasteiger partial charge is 0.314 e. The predicted molar refractivity (Wildman–Crippen MR) is 153 cm³/mol. The van der Waals surface area contributed by atoms with E-state index in [1.807, 2.05) is 20.0 Å². The van der Waals surface area contributed by atoms with Gasteiger partial charge in [0.2, 0.25) is 5.91 Å². The lowest BCUT2D eigenvalue weighted by molar-refractivity contribution is -0.134. The number of likely N-dealkylation sites (tertiary alicyclic amines) is 2. The number of hydrogen-bond acceptors (Lipinski definition) is 3. The molecule has 0 radical (unpaired) electrons. The molecule has 1 aliphatic carbocycles. The topological polar surface area (TPSA) is 79.5 Å². The standard InChI is InChI=1S/C28H33BrN4O2.C2H6/c1-18-2-5-24-21(14-18)3-4-22-16-23(29)17-31-27(22)26(24)20-8-12-32(13-9-20)25(34)15-19-6-10-33(11-7-19)28(30)35;1-2/h2-5,14,16-17,19-20,26H,6-13,15H2,1H3,(H2,30,35);1-2H3. The van der Waals surface area contributed by atoms with Gasteiger partial charge < -0.3 is 15.5 Å². The number of fused-ring (bicyclic) bond motifs is 2. The minimum Gasteiger partial charge on any atom is -0.351 e. The molecule has 2 aliphatic heterocycles. The molecule has 3 amide bonds. The van der Waals surface area contributed by atoms with Crippen molar-refractivity contribution in [1.29, 1.82) is 0 Å². The van der Waals surface area contributed by atoms with Gasteiger partial charge >= 0.3 is 6.03 Å². The normalized spacial score (nSPS) is 19.8. The summed E-state index contributed by atoms with van der Waals surface area (Å²) in [6, 6.07) is 8.54. The van der Waals surface area contributed by atoms with Crippen LogP contribution in [-0.4, -0.2) is 52.9 Å². The number of aromatic nitrogens is 1. The van der Waals surface area contributed by atoms with Crippen LogP contribution in [0.2, 0.25) is 0 Å². The number of piperidine rings is 2. The highest BCUT2D eigenvalue weighted by atomic mass is 79.9. The van der Waals surface area contributed by atoms with Crippen LogP contribution in [0.4, 0.5) is 4.79 Å². The van der Waals surface area contributed by atoms with E-state index in [-0.39, 0.29) is 17.9 Å². The molecule has 1 atom stereocenters. The van der Waals surface area contributed by atoms with E-state index in [0.29, 0.717) is 31.3 Å². The monoisotopic (exact) mass is 566 g/mol. The molecule has 7 heteroatoms. The number of nitrogens with two attached hydrogens (primary N) is 1. The van der Waals surface area contributed by atoms with Crippen LogP contribution in [0.3, 0.4) is 0 Å². The number of urea groups is 1. The maximum Gasteiger partial charge on any atom is 0.314 e. The second kappa shape index (κ2) is 12.2. The Morgan fingerprint density at radius 1 is 0.973 bits per heavy atom. The highest BCUT2D eigenvalue weighted by Gasteiger charge is 2.35. The Labute approximate surface area is 229 Å². The fraction of sp³-hybridized carbons (Fsp3) is 0.500. The van der Waals surface area contributed by atoms with Crippen molar-refractivity contribution in [2.45, 2.75) is 58.8 Å². The zero-order valence-corrected chi connectivity index (χ0v) is 23.8. The number of rotatable bonds is 3. The Morgan fingerprint density at radius 3 is 2.30 bits per heavy atom. The molecule has 2 N–H and O–H groups in total. The van der Waals surface area contributed by atoms with E-state index in [1.54, 1.807) is 4.90 Å². The number of benzene rings is 1. The number of nitrogens with zero attached hydrogens (tertiary/aromatic N) is 3. The second-order valence-electron chi connectivity index (χ2n) is 10.3. The van der Waals surface area contributed by atoms with Gasteiger partial charge in [-0.05, 0) is 83.1 Å². The van der Waals surface area contributed by atoms with Crippen molar-refractivity contribution >= 4 is 40.0 Å². The Bertz CT molecular complexity index is 1090. The third-order valence-corrected chi connectivity index (χ3v) is 8.42. The van der Waals surface area contributed by atoms with Gasteiger partial charge in [-0.25, -0.2) is 4.79 Å². The minimum atomic E-state index is -0.356. The van der Waals surface area contributed by atoms with E-state index < -0.39 is 0 Å². The van der Waals surface area contributed by atoms with E-state index in [0.717, 1.165) is 48.9 Å². The molecule has 198 valence electrons. The molecule has 5 rings (SSSR count). The highest BCUT2D eigenvalue weighted by molar-refractivity contribution is 9.10. The fourth-order valence-electron chi connectivity index (χ4n) is 6.00. The molecule has 1 unspecified atom stereocenters. The van der Waals surface area contributed by atoms with Gasteiger partial charge in [0.1, 0.15) is 0 Å². The lowest BCUT2D eigenvalue weighted by Crippen LogP contribution is -2.44. The van der Waals surface area contributed by atoms with Gasteiger partial charge in [0.05, 0.1) is 5.69 Å². The van der Waals surface area contributed by atoms with Crippen LogP contribution >= 0.6 is 15.9 Å². The number of hydrogen-bond donors (Lipinski definition) is 1. The summed E-state index contributed by atoms with van der Waals surface area (Å²) in [6.07, 6.45) is 10.5. The van der Waals surface area contributed by atoms with E-state index in [1.165, 1.54) is 22.3 Å². The van der Waals surface area contributed by atoms with E-state index >= 15 is 0 Å². The van der Waals surface area contributed by atoms with Crippen molar-refractivity contribution in [2.24, 2.45) is 17.6 Å². The van der Waals surface area contributed by atoms with Gasteiger partial charge in [-0.3, -0.25) is 9.78 Å². The molecular weight excluding hydrogens is 528 g/mol. The molecule has 0 saturated carbocycles. The molecule has 1 aromatic carbocycles. The quantitative estimate of drug-likeness (QED) is 0.479. The van der Waals surface area contributed by atoms with Crippen molar-refractivity contribution in [3.8, 4) is 0 Å². The first kappa shape index (κ1) is 27.4. The number of halogens is 1. The average Bonchev–Trinajstić information content (AvgIpc) is 3.06. The third kappa shape index (κ3) is 6.25. The van der Waals surface area contributed by atoms with Gasteiger partial charge in [0.25, 0.3) is 0 Å². The Morgan fingerprint density at radius 2 is 1.62 bits per heavy atom. The lowest BCUT2D eigenvalue weighted by atomic mass is 9.76. The highest BCUT2D eigenvalue weighted by Crippen LogP contribution is 2.43. The number of pyridine rings is 1. The van der Waals surface area contributed by atoms with E-state index in [2.05, 4.69) is 64.2 Å². The summed E-state index contributed by atoms with van der Waals surface area (Å²) >= 11 is 3.59. The maximum absolute atomic E-state index is 13.1. The Hall–Kier alpha value is -2.67. The van der Waals surface area contributed by atoms with Crippen molar-refractivity contribution < 1.29 is 9.59 Å². The van der Waals surface area contributed by atoms with Crippen molar-refractivity contribution in [3.63, 3.8) is 0 Å². The van der Waals surface area contributed by atoms with E-state index in [9.17, 15) is 9.59 Å². The molecule has 2 aromatic rings. The number of carbonyl (C=O) groups is 2. The summed E-state index contributed by atoms with van der Waals surface area (Å²) in [5, 5.41) is 0. The minimum absolute atomic E-state index is 0.221. The molecular formula is C30H39BrN4O2. The van der Waals surface area contributed by atoms with Gasteiger partial charge in [-0.1, -0.05) is 49.8 Å². The van der Waals surface area contributed by atoms with Crippen LogP contribution in [0.15, 0.2) is 34.9 Å². The van der Waals surface area contributed by atoms with Gasteiger partial charge in [0.15, 0.2) is 0 Å². The Balaban J connectivity index is 0.00000156. The van der Waals surface area contributed by atoms with Crippen molar-refractivity contribution in [3.05, 3.63) is 62.9 Å². The average molecular weight is 568 g/mol. The first-order valence-corrected chi connectivity index (χ1v) is 14.4. The number of primary amides is 1. The molecule has 3 aliphatic rings. The van der Waals surface area contributed by atoms with Crippen LogP contribution in [0, 0.1) is 18.8 Å². The maximum atomic E-state index is 13.1. The fourth-order valence-corrected chi connectivity index (χ4v) is 6.35. The molecule has 3 heterocycles. The van der Waals surface area contributed by atoms with Crippen molar-refractivity contribution in [1.82, 2.24) is 14.8 Å². The zero-order valence-electron chi connectivity index (χ0n) is 22.3. The molecule has 37 heavy (non-hydrogen) atoms. The van der Waals surface area contributed by atoms with Crippen molar-refractivity contribution in [2.75, 3.05) is 26.2 Å². The summed E-state index contributed by atoms with van der Waals surface area (Å²) < 4.78 is 0.990. The summed E-state index contributed by atoms with van der Waals surface area (Å²) in [5.41, 5.74) is 11.6. The summed E-state index contributed by atoms with van der Waals surface area (Å²) in [5.74, 6) is 1.25. The summed E-state index contributed by atoms with van der Waals surface area (Å²) in [4.78, 5) is 33.1. The molecule has 2 saturated heterocycles. The largest absolute Gasteiger partial charge is 0.351 e. The second-order valence-corrected chi connectivity index (χ2v) is 11.2. The van der Waals surface area contributed by atoms with Crippen LogP contribution in [0.5, 0.6) is 0 Å². The number of aryl methyl sites for hydroxylation is 1. The summed E-state index contributed by atoms with van der Waals surface area (Å²) in [6.45, 7) is 9.04. The molecule has 0 spiro atoms. The summed E-state index contributed by atoms with van der Waals surface area (Å²) in [7, 11) is 0. The first-order valence-electron chi connectivity index (χ1n) is 13.7. The van der Waals surface area contributed by atoms with E-state index in [4.69, 9.17) is 10.7 Å². The molecule has 1 aromatic heterocycles. The Kier molecular flexibility index (Phi) is 9.06. The molecule has 0 bridgehead atoms. The zero-order chi connectivity index (χ0) is 26.5. The molecule has 2 fully saturated rings. The first-order chi connectivity index (χ1) is 17.9. The van der Waals surface area contributed by atoms with Crippen LogP contribution < -0.4 is 5.73 Å². The third-order valence-electron chi connectivity index (χ3n) is 7.98.